The van der Waals surface area contributed by atoms with Crippen LogP contribution in [0, 0.1) is 0 Å². The first-order valence-electron chi connectivity index (χ1n) is 10.4. The van der Waals surface area contributed by atoms with Crippen molar-refractivity contribution < 1.29 is 9.53 Å². The van der Waals surface area contributed by atoms with Gasteiger partial charge in [-0.3, -0.25) is 9.48 Å². The molecule has 0 aromatic carbocycles. The lowest BCUT2D eigenvalue weighted by Gasteiger charge is -2.26. The number of aryl methyl sites for hydroxylation is 2. The fourth-order valence-electron chi connectivity index (χ4n) is 4.01. The summed E-state index contributed by atoms with van der Waals surface area (Å²) in [7, 11) is 0. The number of carbonyl (C=O) groups excluding carboxylic acids is 1. The van der Waals surface area contributed by atoms with Crippen molar-refractivity contribution in [2.24, 2.45) is 0 Å². The van der Waals surface area contributed by atoms with E-state index in [9.17, 15) is 4.79 Å². The number of hydrogen-bond acceptors (Lipinski definition) is 4. The first-order valence-corrected chi connectivity index (χ1v) is 10.4. The SMILES string of the molecule is CCCn1nc(CCC(=O)NCCCN2CCCCC2)c2c1CCOC2. The zero-order valence-electron chi connectivity index (χ0n) is 16.3. The molecule has 1 aromatic heterocycles. The highest BCUT2D eigenvalue weighted by atomic mass is 16.5. The van der Waals surface area contributed by atoms with Gasteiger partial charge in [0.2, 0.25) is 5.91 Å². The van der Waals surface area contributed by atoms with Crippen molar-refractivity contribution in [1.82, 2.24) is 20.0 Å². The summed E-state index contributed by atoms with van der Waals surface area (Å²) in [5, 5.41) is 7.83. The van der Waals surface area contributed by atoms with Crippen molar-refractivity contribution in [3.63, 3.8) is 0 Å². The Kier molecular flexibility index (Phi) is 7.50. The molecule has 0 spiro atoms. The van der Waals surface area contributed by atoms with Gasteiger partial charge in [0.15, 0.2) is 0 Å². The Morgan fingerprint density at radius 3 is 2.88 bits per heavy atom. The maximum Gasteiger partial charge on any atom is 0.220 e. The third-order valence-corrected chi connectivity index (χ3v) is 5.43. The van der Waals surface area contributed by atoms with Crippen LogP contribution in [0.4, 0.5) is 0 Å². The van der Waals surface area contributed by atoms with Crippen LogP contribution in [-0.4, -0.2) is 53.4 Å². The van der Waals surface area contributed by atoms with Gasteiger partial charge in [0.05, 0.1) is 18.9 Å². The van der Waals surface area contributed by atoms with E-state index in [0.717, 1.165) is 51.2 Å². The minimum Gasteiger partial charge on any atom is -0.376 e. The number of aromatic nitrogens is 2. The third-order valence-electron chi connectivity index (χ3n) is 5.43. The largest absolute Gasteiger partial charge is 0.376 e. The van der Waals surface area contributed by atoms with Crippen LogP contribution in [0.25, 0.3) is 0 Å². The molecule has 1 fully saturated rings. The molecule has 6 heteroatoms. The molecule has 1 N–H and O–H groups in total. The molecule has 0 unspecified atom stereocenters. The van der Waals surface area contributed by atoms with E-state index < -0.39 is 0 Å². The van der Waals surface area contributed by atoms with E-state index in [0.29, 0.717) is 19.4 Å². The average molecular weight is 363 g/mol. The minimum atomic E-state index is 0.138. The van der Waals surface area contributed by atoms with Crippen molar-refractivity contribution in [1.29, 1.82) is 0 Å². The molecular formula is C20H34N4O2. The number of fused-ring (bicyclic) bond motifs is 1. The van der Waals surface area contributed by atoms with Gasteiger partial charge in [-0.05, 0) is 45.3 Å². The molecule has 1 saturated heterocycles. The monoisotopic (exact) mass is 362 g/mol. The van der Waals surface area contributed by atoms with Gasteiger partial charge in [0.25, 0.3) is 0 Å². The fourth-order valence-corrected chi connectivity index (χ4v) is 4.01. The van der Waals surface area contributed by atoms with Gasteiger partial charge in [0, 0.05) is 43.6 Å². The molecule has 0 atom stereocenters. The normalized spacial score (nSPS) is 17.9. The molecular weight excluding hydrogens is 328 g/mol. The summed E-state index contributed by atoms with van der Waals surface area (Å²) in [6, 6.07) is 0. The molecule has 26 heavy (non-hydrogen) atoms. The zero-order chi connectivity index (χ0) is 18.2. The van der Waals surface area contributed by atoms with Crippen molar-refractivity contribution >= 4 is 5.91 Å². The molecule has 0 saturated carbocycles. The predicted octanol–water partition coefficient (Wildman–Crippen LogP) is 2.29. The second-order valence-electron chi connectivity index (χ2n) is 7.50. The van der Waals surface area contributed by atoms with E-state index >= 15 is 0 Å². The lowest BCUT2D eigenvalue weighted by molar-refractivity contribution is -0.121. The molecule has 0 radical (unpaired) electrons. The van der Waals surface area contributed by atoms with Gasteiger partial charge >= 0.3 is 0 Å². The van der Waals surface area contributed by atoms with Crippen LogP contribution in [0.15, 0.2) is 0 Å². The lowest BCUT2D eigenvalue weighted by atomic mass is 10.1. The smallest absolute Gasteiger partial charge is 0.220 e. The van der Waals surface area contributed by atoms with E-state index in [1.54, 1.807) is 0 Å². The Labute approximate surface area is 157 Å². The second-order valence-corrected chi connectivity index (χ2v) is 7.50. The summed E-state index contributed by atoms with van der Waals surface area (Å²) in [5.74, 6) is 0.138. The summed E-state index contributed by atoms with van der Waals surface area (Å²) < 4.78 is 7.74. The Balaban J connectivity index is 1.40. The fraction of sp³-hybridized carbons (Fsp3) is 0.800. The molecule has 3 heterocycles. The first-order chi connectivity index (χ1) is 12.8. The molecule has 3 rings (SSSR count). The summed E-state index contributed by atoms with van der Waals surface area (Å²) in [6.45, 7) is 8.87. The van der Waals surface area contributed by atoms with Gasteiger partial charge in [-0.15, -0.1) is 0 Å². The van der Waals surface area contributed by atoms with Gasteiger partial charge in [-0.1, -0.05) is 13.3 Å². The number of piperidine rings is 1. The molecule has 0 bridgehead atoms. The number of rotatable bonds is 9. The highest BCUT2D eigenvalue weighted by Gasteiger charge is 2.21. The number of ether oxygens (including phenoxy) is 1. The molecule has 6 nitrogen and oxygen atoms in total. The maximum absolute atomic E-state index is 12.2. The highest BCUT2D eigenvalue weighted by Crippen LogP contribution is 2.22. The van der Waals surface area contributed by atoms with Crippen molar-refractivity contribution in [2.45, 2.75) is 71.4 Å². The quantitative estimate of drug-likeness (QED) is 0.685. The number of likely N-dealkylation sites (tertiary alicyclic amines) is 1. The number of hydrogen-bond donors (Lipinski definition) is 1. The van der Waals surface area contributed by atoms with Gasteiger partial charge in [-0.2, -0.15) is 5.10 Å². The van der Waals surface area contributed by atoms with Crippen molar-refractivity contribution in [2.75, 3.05) is 32.8 Å². The zero-order valence-corrected chi connectivity index (χ0v) is 16.3. The summed E-state index contributed by atoms with van der Waals surface area (Å²) in [5.41, 5.74) is 3.59. The van der Waals surface area contributed by atoms with Crippen molar-refractivity contribution in [3.05, 3.63) is 17.0 Å². The van der Waals surface area contributed by atoms with E-state index in [2.05, 4.69) is 21.8 Å². The van der Waals surface area contributed by atoms with Crippen LogP contribution in [0.5, 0.6) is 0 Å². The van der Waals surface area contributed by atoms with Crippen LogP contribution in [0.1, 0.15) is 62.4 Å². The minimum absolute atomic E-state index is 0.138. The van der Waals surface area contributed by atoms with E-state index in [1.165, 1.54) is 43.6 Å². The van der Waals surface area contributed by atoms with Gasteiger partial charge in [0.1, 0.15) is 0 Å². The predicted molar refractivity (Wildman–Crippen MR) is 102 cm³/mol. The Hall–Kier alpha value is -1.40. The number of amides is 1. The van der Waals surface area contributed by atoms with Crippen LogP contribution in [0.2, 0.25) is 0 Å². The number of carbonyl (C=O) groups is 1. The summed E-state index contributed by atoms with van der Waals surface area (Å²) in [6.07, 6.45) is 8.29. The van der Waals surface area contributed by atoms with Crippen LogP contribution in [0.3, 0.4) is 0 Å². The lowest BCUT2D eigenvalue weighted by Crippen LogP contribution is -2.33. The maximum atomic E-state index is 12.2. The molecule has 1 amide bonds. The molecule has 0 aliphatic carbocycles. The van der Waals surface area contributed by atoms with E-state index in [1.807, 2.05) is 0 Å². The van der Waals surface area contributed by atoms with E-state index in [-0.39, 0.29) is 5.91 Å². The number of nitrogens with zero attached hydrogens (tertiary/aromatic N) is 3. The van der Waals surface area contributed by atoms with Gasteiger partial charge in [-0.25, -0.2) is 0 Å². The Morgan fingerprint density at radius 2 is 2.08 bits per heavy atom. The average Bonchev–Trinajstić information content (AvgIpc) is 3.03. The highest BCUT2D eigenvalue weighted by molar-refractivity contribution is 5.76. The van der Waals surface area contributed by atoms with E-state index in [4.69, 9.17) is 9.84 Å². The Bertz CT molecular complexity index is 579. The second kappa shape index (κ2) is 10.1. The number of nitrogens with one attached hydrogen (secondary N) is 1. The first kappa shape index (κ1) is 19.4. The topological polar surface area (TPSA) is 59.4 Å². The van der Waals surface area contributed by atoms with Gasteiger partial charge < -0.3 is 15.0 Å². The van der Waals surface area contributed by atoms with Crippen molar-refractivity contribution in [3.8, 4) is 0 Å². The molecule has 2 aliphatic rings. The van der Waals surface area contributed by atoms with Crippen LogP contribution >= 0.6 is 0 Å². The van der Waals surface area contributed by atoms with Crippen LogP contribution < -0.4 is 5.32 Å². The third kappa shape index (κ3) is 5.30. The van der Waals surface area contributed by atoms with Crippen LogP contribution in [-0.2, 0) is 35.5 Å². The molecule has 2 aliphatic heterocycles. The molecule has 1 aromatic rings. The standard InChI is InChI=1S/C20H34N4O2/c1-2-11-24-19-9-15-26-16-17(19)18(22-24)7-8-20(25)21-10-6-14-23-12-4-3-5-13-23/h2-16H2,1H3,(H,21,25). The molecule has 146 valence electrons. The summed E-state index contributed by atoms with van der Waals surface area (Å²) >= 11 is 0. The summed E-state index contributed by atoms with van der Waals surface area (Å²) in [4.78, 5) is 14.7. The Morgan fingerprint density at radius 1 is 1.23 bits per heavy atom.